The van der Waals surface area contributed by atoms with Crippen LogP contribution in [0, 0.1) is 0 Å². The normalized spacial score (nSPS) is 12.4. The van der Waals surface area contributed by atoms with Gasteiger partial charge in [0.05, 0.1) is 5.97 Å². The molecule has 0 atom stereocenters. The van der Waals surface area contributed by atoms with E-state index < -0.39 is 5.97 Å². The zero-order valence-corrected chi connectivity index (χ0v) is 9.38. The van der Waals surface area contributed by atoms with Crippen LogP contribution in [0.5, 0.6) is 11.5 Å². The van der Waals surface area contributed by atoms with Gasteiger partial charge in [-0.05, 0) is 28.8 Å². The smallest absolute Gasteiger partial charge is 0.231 e. The molecular weight excluding hydrogens is 232 g/mol. The van der Waals surface area contributed by atoms with E-state index in [4.69, 9.17) is 9.47 Å². The maximum absolute atomic E-state index is 10.7. The summed E-state index contributed by atoms with van der Waals surface area (Å²) >= 11 is 0. The number of benzene rings is 2. The van der Waals surface area contributed by atoms with Gasteiger partial charge in [0.15, 0.2) is 11.5 Å². The molecule has 0 spiro atoms. The Morgan fingerprint density at radius 3 is 2.33 bits per heavy atom. The highest BCUT2D eigenvalue weighted by atomic mass is 16.7. The van der Waals surface area contributed by atoms with Crippen LogP contribution < -0.4 is 14.6 Å². The molecule has 2 aromatic rings. The summed E-state index contributed by atoms with van der Waals surface area (Å²) in [6.07, 6.45) is 0. The van der Waals surface area contributed by atoms with Gasteiger partial charge in [0, 0.05) is 0 Å². The average Bonchev–Trinajstić information content (AvgIpc) is 2.86. The molecule has 18 heavy (non-hydrogen) atoms. The number of carboxylic acid groups (broad SMARTS) is 1. The van der Waals surface area contributed by atoms with Crippen LogP contribution in [0.25, 0.3) is 11.1 Å². The van der Waals surface area contributed by atoms with E-state index in [-0.39, 0.29) is 12.4 Å². The minimum atomic E-state index is -1.17. The van der Waals surface area contributed by atoms with Gasteiger partial charge in [0.1, 0.15) is 0 Å². The van der Waals surface area contributed by atoms with Gasteiger partial charge in [-0.1, -0.05) is 30.3 Å². The van der Waals surface area contributed by atoms with Crippen LogP contribution in [0.3, 0.4) is 0 Å². The van der Waals surface area contributed by atoms with Crippen molar-refractivity contribution >= 4 is 5.97 Å². The van der Waals surface area contributed by atoms with Crippen molar-refractivity contribution in [3.63, 3.8) is 0 Å². The Hall–Kier alpha value is -2.49. The lowest BCUT2D eigenvalue weighted by atomic mass is 10.0. The standard InChI is InChI=1S/C14H10O4/c15-14(16)10-3-1-9(2-4-10)11-5-6-12-13(7-11)18-8-17-12/h1-7H,8H2,(H,15,16)/p-1. The summed E-state index contributed by atoms with van der Waals surface area (Å²) in [6, 6.07) is 12.1. The first-order chi connectivity index (χ1) is 8.74. The van der Waals surface area contributed by atoms with Gasteiger partial charge in [-0.25, -0.2) is 0 Å². The summed E-state index contributed by atoms with van der Waals surface area (Å²) in [7, 11) is 0. The highest BCUT2D eigenvalue weighted by Gasteiger charge is 2.13. The van der Waals surface area contributed by atoms with Crippen molar-refractivity contribution in [3.05, 3.63) is 48.0 Å². The molecule has 2 aromatic carbocycles. The van der Waals surface area contributed by atoms with Gasteiger partial charge in [0.2, 0.25) is 6.79 Å². The first-order valence-electron chi connectivity index (χ1n) is 5.45. The predicted molar refractivity (Wildman–Crippen MR) is 62.3 cm³/mol. The third kappa shape index (κ3) is 1.78. The third-order valence-corrected chi connectivity index (χ3v) is 2.83. The molecule has 0 unspecified atom stereocenters. The van der Waals surface area contributed by atoms with Crippen molar-refractivity contribution in [2.24, 2.45) is 0 Å². The molecule has 0 radical (unpaired) electrons. The molecule has 3 rings (SSSR count). The molecule has 0 saturated carbocycles. The van der Waals surface area contributed by atoms with Gasteiger partial charge in [0.25, 0.3) is 0 Å². The van der Waals surface area contributed by atoms with Crippen LogP contribution in [-0.4, -0.2) is 12.8 Å². The van der Waals surface area contributed by atoms with E-state index in [1.807, 2.05) is 18.2 Å². The van der Waals surface area contributed by atoms with E-state index in [0.717, 1.165) is 16.9 Å². The van der Waals surface area contributed by atoms with Gasteiger partial charge >= 0.3 is 0 Å². The number of aromatic carboxylic acids is 1. The van der Waals surface area contributed by atoms with Crippen molar-refractivity contribution < 1.29 is 19.4 Å². The van der Waals surface area contributed by atoms with Crippen molar-refractivity contribution in [2.45, 2.75) is 0 Å². The van der Waals surface area contributed by atoms with Crippen LogP contribution in [0.4, 0.5) is 0 Å². The van der Waals surface area contributed by atoms with E-state index in [1.165, 1.54) is 12.1 Å². The lowest BCUT2D eigenvalue weighted by Gasteiger charge is -2.06. The highest BCUT2D eigenvalue weighted by molar-refractivity contribution is 5.86. The molecule has 0 saturated heterocycles. The Bertz CT molecular complexity index is 602. The lowest BCUT2D eigenvalue weighted by Crippen LogP contribution is -2.21. The maximum Gasteiger partial charge on any atom is 0.231 e. The fourth-order valence-corrected chi connectivity index (χ4v) is 1.87. The molecular formula is C14H9O4-. The summed E-state index contributed by atoms with van der Waals surface area (Å²) < 4.78 is 10.5. The molecule has 0 fully saturated rings. The zero-order valence-electron chi connectivity index (χ0n) is 9.38. The molecule has 0 aromatic heterocycles. The first kappa shape index (κ1) is 10.7. The quantitative estimate of drug-likeness (QED) is 0.798. The summed E-state index contributed by atoms with van der Waals surface area (Å²) in [4.78, 5) is 10.7. The topological polar surface area (TPSA) is 58.6 Å². The van der Waals surface area contributed by atoms with E-state index in [2.05, 4.69) is 0 Å². The van der Waals surface area contributed by atoms with Gasteiger partial charge in [-0.2, -0.15) is 0 Å². The zero-order chi connectivity index (χ0) is 12.5. The number of carboxylic acids is 1. The summed E-state index contributed by atoms with van der Waals surface area (Å²) in [5.74, 6) is 0.258. The lowest BCUT2D eigenvalue weighted by molar-refractivity contribution is -0.255. The number of rotatable bonds is 2. The van der Waals surface area contributed by atoms with Crippen molar-refractivity contribution in [1.82, 2.24) is 0 Å². The second-order valence-electron chi connectivity index (χ2n) is 3.93. The van der Waals surface area contributed by atoms with Gasteiger partial charge in [-0.3, -0.25) is 0 Å². The highest BCUT2D eigenvalue weighted by Crippen LogP contribution is 2.35. The van der Waals surface area contributed by atoms with Crippen LogP contribution in [-0.2, 0) is 0 Å². The molecule has 4 nitrogen and oxygen atoms in total. The predicted octanol–water partition coefficient (Wildman–Crippen LogP) is 1.45. The van der Waals surface area contributed by atoms with E-state index in [1.54, 1.807) is 12.1 Å². The van der Waals surface area contributed by atoms with E-state index in [0.29, 0.717) is 5.75 Å². The Labute approximate surface area is 103 Å². The number of hydrogen-bond acceptors (Lipinski definition) is 4. The van der Waals surface area contributed by atoms with Gasteiger partial charge in [-0.15, -0.1) is 0 Å². The third-order valence-electron chi connectivity index (χ3n) is 2.83. The van der Waals surface area contributed by atoms with Crippen molar-refractivity contribution in [2.75, 3.05) is 6.79 Å². The molecule has 0 N–H and O–H groups in total. The van der Waals surface area contributed by atoms with Crippen LogP contribution in [0.2, 0.25) is 0 Å². The molecule has 0 amide bonds. The monoisotopic (exact) mass is 241 g/mol. The summed E-state index contributed by atoms with van der Waals surface area (Å²) in [6.45, 7) is 0.239. The maximum atomic E-state index is 10.7. The van der Waals surface area contributed by atoms with Crippen molar-refractivity contribution in [3.8, 4) is 22.6 Å². The Balaban J connectivity index is 1.97. The summed E-state index contributed by atoms with van der Waals surface area (Å²) in [5, 5.41) is 10.7. The average molecular weight is 241 g/mol. The SMILES string of the molecule is O=C([O-])c1ccc(-c2ccc3c(c2)OCO3)cc1. The minimum Gasteiger partial charge on any atom is -0.545 e. The number of ether oxygens (including phenoxy) is 2. The first-order valence-corrected chi connectivity index (χ1v) is 5.45. The second-order valence-corrected chi connectivity index (χ2v) is 3.93. The molecule has 0 aliphatic carbocycles. The fourth-order valence-electron chi connectivity index (χ4n) is 1.87. The number of carbonyl (C=O) groups excluding carboxylic acids is 1. The molecule has 1 aliphatic rings. The van der Waals surface area contributed by atoms with Gasteiger partial charge < -0.3 is 19.4 Å². The minimum absolute atomic E-state index is 0.166. The van der Waals surface area contributed by atoms with Crippen LogP contribution >= 0.6 is 0 Å². The van der Waals surface area contributed by atoms with Crippen LogP contribution in [0.15, 0.2) is 42.5 Å². The Morgan fingerprint density at radius 2 is 1.61 bits per heavy atom. The molecule has 0 bridgehead atoms. The van der Waals surface area contributed by atoms with E-state index in [9.17, 15) is 9.90 Å². The van der Waals surface area contributed by atoms with Crippen molar-refractivity contribution in [1.29, 1.82) is 0 Å². The molecule has 4 heteroatoms. The fraction of sp³-hybridized carbons (Fsp3) is 0.0714. The molecule has 90 valence electrons. The van der Waals surface area contributed by atoms with E-state index >= 15 is 0 Å². The Kier molecular flexibility index (Phi) is 2.41. The number of fused-ring (bicyclic) bond motifs is 1. The molecule has 1 aliphatic heterocycles. The summed E-state index contributed by atoms with van der Waals surface area (Å²) in [5.41, 5.74) is 2.03. The van der Waals surface area contributed by atoms with Crippen LogP contribution in [0.1, 0.15) is 10.4 Å². The largest absolute Gasteiger partial charge is 0.545 e. The number of carbonyl (C=O) groups is 1. The Morgan fingerprint density at radius 1 is 0.944 bits per heavy atom. The molecule has 1 heterocycles. The second kappa shape index (κ2) is 4.07. The number of hydrogen-bond donors (Lipinski definition) is 0.